The third-order valence-corrected chi connectivity index (χ3v) is 11.6. The highest BCUT2D eigenvalue weighted by atomic mass is 16.3. The van der Waals surface area contributed by atoms with E-state index in [1.165, 1.54) is 0 Å². The van der Waals surface area contributed by atoms with Crippen LogP contribution in [0.2, 0.25) is 0 Å². The van der Waals surface area contributed by atoms with E-state index in [-0.39, 0.29) is 23.0 Å². The summed E-state index contributed by atoms with van der Waals surface area (Å²) in [4.78, 5) is 18.3. The number of nitrogens with zero attached hydrogens (tertiary/aromatic N) is 2. The molecule has 2 aromatic heterocycles. The molecule has 8 heteroatoms. The van der Waals surface area contributed by atoms with Gasteiger partial charge in [-0.05, 0) is 107 Å². The minimum absolute atomic E-state index is 0.129. The molecule has 9 rings (SSSR count). The Morgan fingerprint density at radius 2 is 0.696 bits per heavy atom. The normalized spacial score (nSPS) is 14.5. The summed E-state index contributed by atoms with van der Waals surface area (Å²) >= 11 is 0. The SMILES string of the molecule is CC1(C)c2[nH]c(c(-c3cccc(O)c3)c3nc(c(-c4cccc(O)c4)c4ccc([nH]4)c(-c4cccc(O)c4)c4nc(c2-c2cccc(O)c2)C=C4)C=C3)C1(C)C. The summed E-state index contributed by atoms with van der Waals surface area (Å²) < 4.78 is 0. The predicted octanol–water partition coefficient (Wildman–Crippen LogP) is 11.1. The van der Waals surface area contributed by atoms with Gasteiger partial charge in [-0.15, -0.1) is 0 Å². The number of nitrogens with one attached hydrogen (secondary N) is 2. The molecule has 3 aliphatic rings. The second kappa shape index (κ2) is 12.8. The predicted molar refractivity (Wildman–Crippen MR) is 225 cm³/mol. The van der Waals surface area contributed by atoms with Crippen LogP contribution >= 0.6 is 0 Å². The Labute approximate surface area is 324 Å². The van der Waals surface area contributed by atoms with Crippen LogP contribution in [0.5, 0.6) is 23.0 Å². The molecule has 56 heavy (non-hydrogen) atoms. The van der Waals surface area contributed by atoms with E-state index >= 15 is 0 Å². The molecule has 0 radical (unpaired) electrons. The van der Waals surface area contributed by atoms with E-state index in [1.54, 1.807) is 48.5 Å². The van der Waals surface area contributed by atoms with E-state index in [0.29, 0.717) is 22.8 Å². The van der Waals surface area contributed by atoms with Gasteiger partial charge in [-0.3, -0.25) is 0 Å². The zero-order valence-electron chi connectivity index (χ0n) is 31.4. The lowest BCUT2D eigenvalue weighted by Crippen LogP contribution is -2.36. The molecule has 0 saturated carbocycles. The monoisotopic (exact) mass is 736 g/mol. The Morgan fingerprint density at radius 3 is 1.02 bits per heavy atom. The largest absolute Gasteiger partial charge is 0.508 e. The fourth-order valence-electron chi connectivity index (χ4n) is 8.15. The number of rotatable bonds is 4. The number of phenolic OH excluding ortho intramolecular Hbond substituents is 4. The molecule has 0 amide bonds. The molecule has 6 aromatic rings. The van der Waals surface area contributed by atoms with Crippen LogP contribution in [0.25, 0.3) is 79.8 Å². The summed E-state index contributed by atoms with van der Waals surface area (Å²) in [6.45, 7) is 8.85. The number of aromatic hydroxyl groups is 4. The minimum atomic E-state index is -0.529. The van der Waals surface area contributed by atoms with Gasteiger partial charge < -0.3 is 30.4 Å². The van der Waals surface area contributed by atoms with Crippen LogP contribution < -0.4 is 0 Å². The molecule has 276 valence electrons. The average Bonchev–Trinajstić information content (AvgIpc) is 3.96. The first-order valence-corrected chi connectivity index (χ1v) is 18.6. The van der Waals surface area contributed by atoms with E-state index in [4.69, 9.17) is 9.97 Å². The smallest absolute Gasteiger partial charge is 0.116 e. The van der Waals surface area contributed by atoms with Crippen LogP contribution in [-0.2, 0) is 10.8 Å². The van der Waals surface area contributed by atoms with Crippen molar-refractivity contribution in [2.24, 2.45) is 0 Å². The van der Waals surface area contributed by atoms with E-state index in [9.17, 15) is 20.4 Å². The Bertz CT molecular complexity index is 2680. The summed E-state index contributed by atoms with van der Waals surface area (Å²) in [5.74, 6) is 0.535. The van der Waals surface area contributed by atoms with Crippen molar-refractivity contribution in [2.45, 2.75) is 38.5 Å². The van der Waals surface area contributed by atoms with Crippen molar-refractivity contribution in [3.63, 3.8) is 0 Å². The van der Waals surface area contributed by atoms with Crippen molar-refractivity contribution in [3.05, 3.63) is 143 Å². The van der Waals surface area contributed by atoms with Gasteiger partial charge in [0.05, 0.1) is 22.8 Å². The van der Waals surface area contributed by atoms with Gasteiger partial charge in [-0.2, -0.15) is 0 Å². The third kappa shape index (κ3) is 5.61. The number of hydrogen-bond donors (Lipinski definition) is 6. The van der Waals surface area contributed by atoms with Crippen molar-refractivity contribution in [1.82, 2.24) is 19.9 Å². The quantitative estimate of drug-likeness (QED) is 0.106. The van der Waals surface area contributed by atoms with Gasteiger partial charge in [0.15, 0.2) is 0 Å². The molecule has 3 aliphatic heterocycles. The van der Waals surface area contributed by atoms with Crippen LogP contribution in [0.1, 0.15) is 61.9 Å². The minimum Gasteiger partial charge on any atom is -0.508 e. The lowest BCUT2D eigenvalue weighted by atomic mass is 9.64. The Kier molecular flexibility index (Phi) is 7.91. The molecule has 0 unspecified atom stereocenters. The zero-order valence-corrected chi connectivity index (χ0v) is 31.4. The van der Waals surface area contributed by atoms with Crippen LogP contribution in [0.15, 0.2) is 109 Å². The average molecular weight is 737 g/mol. The maximum atomic E-state index is 10.8. The molecule has 0 fully saturated rings. The number of benzene rings is 4. The van der Waals surface area contributed by atoms with Gasteiger partial charge in [0.25, 0.3) is 0 Å². The lowest BCUT2D eigenvalue weighted by molar-refractivity contribution is 0.323. The van der Waals surface area contributed by atoms with E-state index in [2.05, 4.69) is 37.7 Å². The number of aromatic nitrogens is 4. The number of H-pyrrole nitrogens is 2. The fraction of sp³-hybridized carbons (Fsp3) is 0.125. The van der Waals surface area contributed by atoms with Gasteiger partial charge >= 0.3 is 0 Å². The van der Waals surface area contributed by atoms with E-state index < -0.39 is 10.8 Å². The van der Waals surface area contributed by atoms with E-state index in [1.807, 2.05) is 85.0 Å². The van der Waals surface area contributed by atoms with Gasteiger partial charge in [0, 0.05) is 55.5 Å². The topological polar surface area (TPSA) is 138 Å². The molecule has 0 saturated heterocycles. The summed E-state index contributed by atoms with van der Waals surface area (Å²) in [6, 6.07) is 32.8. The molecule has 6 N–H and O–H groups in total. The number of fused-ring (bicyclic) bond motifs is 8. The highest BCUT2D eigenvalue weighted by Crippen LogP contribution is 2.53. The summed E-state index contributed by atoms with van der Waals surface area (Å²) in [7, 11) is 0. The van der Waals surface area contributed by atoms with Gasteiger partial charge in [0.2, 0.25) is 0 Å². The first-order chi connectivity index (χ1) is 26.9. The molecule has 4 aromatic carbocycles. The molecule has 0 spiro atoms. The Hall–Kier alpha value is -7.06. The Balaban J connectivity index is 1.54. The third-order valence-electron chi connectivity index (χ3n) is 11.6. The molecule has 0 atom stereocenters. The van der Waals surface area contributed by atoms with Crippen LogP contribution in [0, 0.1) is 0 Å². The van der Waals surface area contributed by atoms with Crippen LogP contribution in [0.3, 0.4) is 0 Å². The zero-order chi connectivity index (χ0) is 38.9. The molecule has 0 aliphatic carbocycles. The molecular weight excluding hydrogens is 697 g/mol. The van der Waals surface area contributed by atoms with Crippen molar-refractivity contribution in [3.8, 4) is 67.5 Å². The van der Waals surface area contributed by atoms with Crippen molar-refractivity contribution < 1.29 is 20.4 Å². The first kappa shape index (κ1) is 34.7. The van der Waals surface area contributed by atoms with Crippen molar-refractivity contribution >= 4 is 35.3 Å². The van der Waals surface area contributed by atoms with Crippen molar-refractivity contribution in [1.29, 1.82) is 0 Å². The number of aromatic amines is 2. The van der Waals surface area contributed by atoms with Gasteiger partial charge in [0.1, 0.15) is 23.0 Å². The Morgan fingerprint density at radius 1 is 0.393 bits per heavy atom. The molecule has 8 bridgehead atoms. The number of phenols is 4. The fourth-order valence-corrected chi connectivity index (χ4v) is 8.15. The van der Waals surface area contributed by atoms with Gasteiger partial charge in [-0.25, -0.2) is 9.97 Å². The molecule has 8 nitrogen and oxygen atoms in total. The second-order valence-corrected chi connectivity index (χ2v) is 15.5. The maximum Gasteiger partial charge on any atom is 0.116 e. The maximum absolute atomic E-state index is 10.8. The van der Waals surface area contributed by atoms with Crippen LogP contribution in [0.4, 0.5) is 0 Å². The summed E-state index contributed by atoms with van der Waals surface area (Å²) in [5.41, 5.74) is 11.4. The van der Waals surface area contributed by atoms with Crippen LogP contribution in [-0.4, -0.2) is 40.4 Å². The highest BCUT2D eigenvalue weighted by molar-refractivity contribution is 5.97. The van der Waals surface area contributed by atoms with Crippen molar-refractivity contribution in [2.75, 3.05) is 0 Å². The molecule has 5 heterocycles. The molecular formula is C48H40N4O4. The number of hydrogen-bond acceptors (Lipinski definition) is 6. The summed E-state index contributed by atoms with van der Waals surface area (Å²) in [5, 5.41) is 43.0. The standard InChI is InChI=1S/C48H40N4O4/c1-47(2)45-43(29-11-7-15-33(55)25-29)39-21-19-37(50-39)41(27-9-5-13-31(53)23-27)35-17-18-36(49-35)42(28-10-6-14-32(54)24-28)38-20-22-40(51-38)44(46(52-45)48(47,3)4)30-12-8-16-34(56)26-30/h5-26,49,52-56H,1-4H3. The highest BCUT2D eigenvalue weighted by Gasteiger charge is 2.48. The van der Waals surface area contributed by atoms with E-state index in [0.717, 1.165) is 66.9 Å². The summed E-state index contributed by atoms with van der Waals surface area (Å²) in [6.07, 6.45) is 7.99. The first-order valence-electron chi connectivity index (χ1n) is 18.6. The lowest BCUT2D eigenvalue weighted by Gasteiger charge is -2.37. The second-order valence-electron chi connectivity index (χ2n) is 15.5. The van der Waals surface area contributed by atoms with Gasteiger partial charge in [-0.1, -0.05) is 76.2 Å².